The van der Waals surface area contributed by atoms with Gasteiger partial charge in [0, 0.05) is 13.0 Å². The van der Waals surface area contributed by atoms with E-state index in [1.165, 1.54) is 11.3 Å². The van der Waals surface area contributed by atoms with Crippen LogP contribution in [0.5, 0.6) is 0 Å². The molecule has 1 aliphatic rings. The van der Waals surface area contributed by atoms with E-state index in [-0.39, 0.29) is 18.2 Å². The Bertz CT molecular complexity index is 429. The van der Waals surface area contributed by atoms with Crippen molar-refractivity contribution in [1.82, 2.24) is 4.90 Å². The van der Waals surface area contributed by atoms with Crippen molar-refractivity contribution in [2.45, 2.75) is 13.3 Å². The second-order valence-electron chi connectivity index (χ2n) is 4.11. The molecule has 86 valence electrons. The molecule has 0 spiro atoms. The number of ketones is 1. The molecule has 1 fully saturated rings. The molecule has 0 N–H and O–H groups in total. The van der Waals surface area contributed by atoms with Gasteiger partial charge in [0.2, 0.25) is 5.91 Å². The maximum atomic E-state index is 11.9. The molecule has 1 aromatic heterocycles. The highest BCUT2D eigenvalue weighted by molar-refractivity contribution is 9.11. The number of likely N-dealkylation sites (tertiary alicyclic amines) is 1. The lowest BCUT2D eigenvalue weighted by Gasteiger charge is -2.14. The highest BCUT2D eigenvalue weighted by Crippen LogP contribution is 2.23. The third-order valence-electron chi connectivity index (χ3n) is 2.59. The van der Waals surface area contributed by atoms with Crippen molar-refractivity contribution in [3.05, 3.63) is 20.8 Å². The molecular weight excluding hydrogens is 290 g/mol. The maximum absolute atomic E-state index is 11.9. The quantitative estimate of drug-likeness (QED) is 0.805. The van der Waals surface area contributed by atoms with Crippen molar-refractivity contribution in [2.24, 2.45) is 5.92 Å². The van der Waals surface area contributed by atoms with Crippen LogP contribution in [0.2, 0.25) is 0 Å². The smallest absolute Gasteiger partial charge is 0.223 e. The second-order valence-corrected chi connectivity index (χ2v) is 6.57. The van der Waals surface area contributed by atoms with Gasteiger partial charge in [0.1, 0.15) is 0 Å². The van der Waals surface area contributed by atoms with Crippen LogP contribution in [-0.2, 0) is 4.79 Å². The summed E-state index contributed by atoms with van der Waals surface area (Å²) in [7, 11) is 0. The number of nitrogens with zero attached hydrogens (tertiary/aromatic N) is 1. The van der Waals surface area contributed by atoms with E-state index in [1.54, 1.807) is 11.0 Å². The molecule has 1 saturated heterocycles. The number of carbonyl (C=O) groups is 2. The summed E-state index contributed by atoms with van der Waals surface area (Å²) in [4.78, 5) is 25.7. The van der Waals surface area contributed by atoms with E-state index in [1.807, 2.05) is 13.0 Å². The Balaban J connectivity index is 2.00. The summed E-state index contributed by atoms with van der Waals surface area (Å²) in [5, 5.41) is 0. The Morgan fingerprint density at radius 3 is 2.88 bits per heavy atom. The molecule has 3 nitrogen and oxygen atoms in total. The highest BCUT2D eigenvalue weighted by atomic mass is 79.9. The van der Waals surface area contributed by atoms with Crippen LogP contribution in [0, 0.1) is 5.92 Å². The van der Waals surface area contributed by atoms with Gasteiger partial charge in [-0.2, -0.15) is 0 Å². The zero-order valence-corrected chi connectivity index (χ0v) is 11.3. The van der Waals surface area contributed by atoms with E-state index in [9.17, 15) is 9.59 Å². The Morgan fingerprint density at radius 2 is 2.38 bits per heavy atom. The summed E-state index contributed by atoms with van der Waals surface area (Å²) < 4.78 is 0.942. The average molecular weight is 302 g/mol. The number of carbonyl (C=O) groups excluding carboxylic acids is 2. The summed E-state index contributed by atoms with van der Waals surface area (Å²) >= 11 is 4.73. The summed E-state index contributed by atoms with van der Waals surface area (Å²) in [6, 6.07) is 3.65. The first-order chi connectivity index (χ1) is 7.56. The third-order valence-corrected chi connectivity index (χ3v) is 4.26. The van der Waals surface area contributed by atoms with E-state index in [0.29, 0.717) is 23.8 Å². The van der Waals surface area contributed by atoms with Gasteiger partial charge >= 0.3 is 0 Å². The normalized spacial score (nSPS) is 20.5. The van der Waals surface area contributed by atoms with Gasteiger partial charge in [-0.05, 0) is 34.0 Å². The number of halogens is 1. The van der Waals surface area contributed by atoms with Crippen LogP contribution in [0.25, 0.3) is 0 Å². The standard InChI is InChI=1S/C11H12BrNO2S/c1-7-4-11(15)13(5-7)6-8(14)9-2-3-10(12)16-9/h2-3,7H,4-6H2,1H3. The lowest BCUT2D eigenvalue weighted by atomic mass is 10.2. The van der Waals surface area contributed by atoms with E-state index < -0.39 is 0 Å². The van der Waals surface area contributed by atoms with Gasteiger partial charge < -0.3 is 4.90 Å². The predicted molar refractivity (Wildman–Crippen MR) is 66.7 cm³/mol. The highest BCUT2D eigenvalue weighted by Gasteiger charge is 2.28. The molecular formula is C11H12BrNO2S. The Kier molecular flexibility index (Phi) is 3.44. The number of amides is 1. The molecule has 1 aliphatic heterocycles. The third kappa shape index (κ3) is 2.52. The number of rotatable bonds is 3. The van der Waals surface area contributed by atoms with E-state index in [4.69, 9.17) is 0 Å². The average Bonchev–Trinajstić information content (AvgIpc) is 2.74. The Labute approximate surface area is 107 Å². The van der Waals surface area contributed by atoms with Crippen LogP contribution >= 0.6 is 27.3 Å². The van der Waals surface area contributed by atoms with Gasteiger partial charge in [0.25, 0.3) is 0 Å². The van der Waals surface area contributed by atoms with E-state index >= 15 is 0 Å². The number of Topliss-reactive ketones (excluding diaryl/α,β-unsaturated/α-hetero) is 1. The Hall–Kier alpha value is -0.680. The lowest BCUT2D eigenvalue weighted by molar-refractivity contribution is -0.127. The molecule has 0 bridgehead atoms. The van der Waals surface area contributed by atoms with Crippen molar-refractivity contribution in [3.63, 3.8) is 0 Å². The van der Waals surface area contributed by atoms with E-state index in [0.717, 1.165) is 3.79 Å². The van der Waals surface area contributed by atoms with Gasteiger partial charge in [-0.3, -0.25) is 9.59 Å². The zero-order valence-electron chi connectivity index (χ0n) is 8.90. The monoisotopic (exact) mass is 301 g/mol. The number of thiophene rings is 1. The minimum absolute atomic E-state index is 0.0261. The molecule has 1 atom stereocenters. The van der Waals surface area contributed by atoms with Crippen molar-refractivity contribution in [3.8, 4) is 0 Å². The molecule has 2 rings (SSSR count). The molecule has 5 heteroatoms. The van der Waals surface area contributed by atoms with Crippen molar-refractivity contribution >= 4 is 39.0 Å². The lowest BCUT2D eigenvalue weighted by Crippen LogP contribution is -2.30. The van der Waals surface area contributed by atoms with Gasteiger partial charge in [-0.15, -0.1) is 11.3 Å². The van der Waals surface area contributed by atoms with Crippen molar-refractivity contribution in [1.29, 1.82) is 0 Å². The van der Waals surface area contributed by atoms with E-state index in [2.05, 4.69) is 15.9 Å². The first-order valence-corrected chi connectivity index (χ1v) is 6.73. The molecule has 1 amide bonds. The van der Waals surface area contributed by atoms with Gasteiger partial charge in [-0.25, -0.2) is 0 Å². The van der Waals surface area contributed by atoms with Crippen LogP contribution in [0.4, 0.5) is 0 Å². The van der Waals surface area contributed by atoms with Gasteiger partial charge in [0.15, 0.2) is 5.78 Å². The molecule has 0 aromatic carbocycles. The van der Waals surface area contributed by atoms with Gasteiger partial charge in [-0.1, -0.05) is 6.92 Å². The molecule has 1 aromatic rings. The molecule has 16 heavy (non-hydrogen) atoms. The summed E-state index contributed by atoms with van der Waals surface area (Å²) in [6.07, 6.45) is 0.571. The van der Waals surface area contributed by atoms with Gasteiger partial charge in [0.05, 0.1) is 15.2 Å². The van der Waals surface area contributed by atoms with Crippen LogP contribution in [0.15, 0.2) is 15.9 Å². The summed E-state index contributed by atoms with van der Waals surface area (Å²) in [6.45, 7) is 2.96. The predicted octanol–water partition coefficient (Wildman–Crippen LogP) is 2.56. The van der Waals surface area contributed by atoms with Crippen molar-refractivity contribution < 1.29 is 9.59 Å². The molecule has 2 heterocycles. The van der Waals surface area contributed by atoms with Crippen LogP contribution in [-0.4, -0.2) is 29.7 Å². The SMILES string of the molecule is CC1CC(=O)N(CC(=O)c2ccc(Br)s2)C1. The molecule has 0 saturated carbocycles. The van der Waals surface area contributed by atoms with Crippen LogP contribution in [0.1, 0.15) is 23.0 Å². The number of hydrogen-bond acceptors (Lipinski definition) is 3. The molecule has 1 unspecified atom stereocenters. The fourth-order valence-electron chi connectivity index (χ4n) is 1.84. The molecule has 0 aliphatic carbocycles. The van der Waals surface area contributed by atoms with Crippen LogP contribution < -0.4 is 0 Å². The molecule has 0 radical (unpaired) electrons. The topological polar surface area (TPSA) is 37.4 Å². The second kappa shape index (κ2) is 4.67. The maximum Gasteiger partial charge on any atom is 0.223 e. The number of hydrogen-bond donors (Lipinski definition) is 0. The zero-order chi connectivity index (χ0) is 11.7. The summed E-state index contributed by atoms with van der Waals surface area (Å²) in [5.41, 5.74) is 0. The first-order valence-electron chi connectivity index (χ1n) is 5.12. The minimum atomic E-state index is 0.0261. The first kappa shape index (κ1) is 11.8. The fourth-order valence-corrected chi connectivity index (χ4v) is 3.15. The van der Waals surface area contributed by atoms with Crippen molar-refractivity contribution in [2.75, 3.05) is 13.1 Å². The minimum Gasteiger partial charge on any atom is -0.335 e. The van der Waals surface area contributed by atoms with Crippen LogP contribution in [0.3, 0.4) is 0 Å². The summed E-state index contributed by atoms with van der Waals surface area (Å²) in [5.74, 6) is 0.491. The Morgan fingerprint density at radius 1 is 1.62 bits per heavy atom. The largest absolute Gasteiger partial charge is 0.335 e. The fraction of sp³-hybridized carbons (Fsp3) is 0.455.